The van der Waals surface area contributed by atoms with E-state index in [2.05, 4.69) is 104 Å². The molecule has 1 aromatic rings. The number of halogens is 4. The molecule has 192 valence electrons. The Morgan fingerprint density at radius 3 is 2.00 bits per heavy atom. The minimum Gasteiger partial charge on any atom is -0.410 e. The summed E-state index contributed by atoms with van der Waals surface area (Å²) >= 11 is 9.52. The van der Waals surface area contributed by atoms with E-state index in [9.17, 15) is 4.79 Å². The fourth-order valence-electron chi connectivity index (χ4n) is 2.18. The number of alkyl halides is 4. The Balaban J connectivity index is 0.00000497. The maximum absolute atomic E-state index is 13.0. The smallest absolute Gasteiger partial charge is 0.410 e. The van der Waals surface area contributed by atoms with Crippen LogP contribution in [0.5, 0.6) is 5.75 Å². The molecule has 0 saturated carbocycles. The van der Waals surface area contributed by atoms with Crippen LogP contribution in [0.4, 0.5) is 4.79 Å². The molecule has 0 saturated heterocycles. The van der Waals surface area contributed by atoms with Crippen LogP contribution in [0.1, 0.15) is 54.0 Å². The summed E-state index contributed by atoms with van der Waals surface area (Å²) in [5.74, 6) is 0.561. The maximum Gasteiger partial charge on any atom is 0.416 e. The fourth-order valence-corrected chi connectivity index (χ4v) is 10.1. The fraction of sp³-hybridized carbons (Fsp3) is 0.696. The van der Waals surface area contributed by atoms with Crippen LogP contribution in [0, 0.1) is 0 Å². The number of carbonyl (C=O) groups excluding carboxylic acids is 1. The number of amides is 1. The summed E-state index contributed by atoms with van der Waals surface area (Å²) in [6.45, 7) is 15.2. The second-order valence-electron chi connectivity index (χ2n) is 8.49. The Morgan fingerprint density at radius 1 is 1.00 bits per heavy atom. The summed E-state index contributed by atoms with van der Waals surface area (Å²) in [5, 5.41) is 0.337. The lowest BCUT2D eigenvalue weighted by atomic mass is 10.2. The van der Waals surface area contributed by atoms with Crippen LogP contribution in [-0.4, -0.2) is 50.5 Å². The molecule has 0 bridgehead atoms. The molecule has 0 aliphatic rings. The number of nitrogens with zero attached hydrogens (tertiary/aromatic N) is 1. The van der Waals surface area contributed by atoms with Gasteiger partial charge in [0, 0.05) is 23.3 Å². The van der Waals surface area contributed by atoms with Crippen molar-refractivity contribution in [2.24, 2.45) is 0 Å². The third-order valence-electron chi connectivity index (χ3n) is 4.02. The average Bonchev–Trinajstić information content (AvgIpc) is 2.78. The van der Waals surface area contributed by atoms with Crippen molar-refractivity contribution in [3.8, 4) is 5.75 Å². The van der Waals surface area contributed by atoms with Gasteiger partial charge in [-0.3, -0.25) is 4.90 Å². The van der Waals surface area contributed by atoms with Crippen LogP contribution in [-0.2, 0) is 11.3 Å². The predicted octanol–water partition coefficient (Wildman–Crippen LogP) is 9.42. The van der Waals surface area contributed by atoms with Crippen molar-refractivity contribution in [2.45, 2.75) is 76.7 Å². The van der Waals surface area contributed by atoms with Gasteiger partial charge in [-0.05, 0) is 52.3 Å². The Morgan fingerprint density at radius 2 is 1.58 bits per heavy atom. The summed E-state index contributed by atoms with van der Waals surface area (Å²) in [4.78, 5) is 14.9. The molecule has 0 aliphatic carbocycles. The summed E-state index contributed by atoms with van der Waals surface area (Å²) in [5.41, 5.74) is 0.875. The van der Waals surface area contributed by atoms with Crippen LogP contribution >= 0.6 is 112 Å². The Kier molecular flexibility index (Phi) is 19.5. The third-order valence-corrected chi connectivity index (χ3v) is 13.4. The normalized spacial score (nSPS) is 13.5. The molecule has 0 heterocycles. The first-order valence-corrected chi connectivity index (χ1v) is 19.1. The first kappa shape index (κ1) is 35.1. The molecule has 2 unspecified atom stereocenters. The van der Waals surface area contributed by atoms with Crippen molar-refractivity contribution >= 4 is 118 Å². The van der Waals surface area contributed by atoms with E-state index < -0.39 is 0 Å². The van der Waals surface area contributed by atoms with Crippen molar-refractivity contribution in [1.29, 1.82) is 0 Å². The molecular formula is C23H37I4NO3S2. The van der Waals surface area contributed by atoms with Gasteiger partial charge in [0.1, 0.15) is 5.75 Å². The molecule has 10 heteroatoms. The van der Waals surface area contributed by atoms with E-state index in [0.717, 1.165) is 18.8 Å². The second-order valence-corrected chi connectivity index (χ2v) is 14.8. The van der Waals surface area contributed by atoms with Gasteiger partial charge in [0.25, 0.3) is 0 Å². The van der Waals surface area contributed by atoms with Gasteiger partial charge in [0.15, 0.2) is 0 Å². The standard InChI is InChI=1S/C21H31I4NO3S2.C2H6/c1-20(2,3)28-12-15-6-8-16(9-7-15)29-19(27)26(14-25)17(10-22)18(11-23)30-31-21(4,5)13-24;1-2/h6-9,17-18H,10-14H2,1-5H3;1-2H3. The summed E-state index contributed by atoms with van der Waals surface area (Å²) in [7, 11) is 3.81. The van der Waals surface area contributed by atoms with Crippen LogP contribution in [0.25, 0.3) is 0 Å². The van der Waals surface area contributed by atoms with Gasteiger partial charge in [-0.2, -0.15) is 0 Å². The van der Waals surface area contributed by atoms with Gasteiger partial charge in [-0.25, -0.2) is 4.79 Å². The van der Waals surface area contributed by atoms with Crippen molar-refractivity contribution < 1.29 is 14.3 Å². The molecule has 1 aromatic carbocycles. The maximum atomic E-state index is 13.0. The molecule has 0 radical (unpaired) electrons. The highest BCUT2D eigenvalue weighted by Crippen LogP contribution is 2.42. The summed E-state index contributed by atoms with van der Waals surface area (Å²) in [6.07, 6.45) is -0.289. The third kappa shape index (κ3) is 14.6. The zero-order chi connectivity index (χ0) is 25.7. The molecule has 1 rings (SSSR count). The lowest BCUT2D eigenvalue weighted by molar-refractivity contribution is -0.0149. The quantitative estimate of drug-likeness (QED) is 0.0905. The minimum atomic E-state index is -0.289. The zero-order valence-electron chi connectivity index (χ0n) is 20.5. The van der Waals surface area contributed by atoms with Crippen LogP contribution in [0.3, 0.4) is 0 Å². The van der Waals surface area contributed by atoms with Gasteiger partial charge in [-0.1, -0.05) is 138 Å². The molecule has 0 aliphatic heterocycles. The number of rotatable bonds is 12. The van der Waals surface area contributed by atoms with E-state index in [1.807, 2.05) is 85.4 Å². The Bertz CT molecular complexity index is 673. The largest absolute Gasteiger partial charge is 0.416 e. The van der Waals surface area contributed by atoms with Crippen LogP contribution < -0.4 is 4.74 Å². The van der Waals surface area contributed by atoms with E-state index in [0.29, 0.717) is 22.2 Å². The topological polar surface area (TPSA) is 38.8 Å². The van der Waals surface area contributed by atoms with Gasteiger partial charge >= 0.3 is 6.09 Å². The highest BCUT2D eigenvalue weighted by molar-refractivity contribution is 14.1. The predicted molar refractivity (Wildman–Crippen MR) is 183 cm³/mol. The highest BCUT2D eigenvalue weighted by atomic mass is 127. The molecule has 1 amide bonds. The van der Waals surface area contributed by atoms with E-state index in [4.69, 9.17) is 9.47 Å². The number of hydrogen-bond donors (Lipinski definition) is 0. The van der Waals surface area contributed by atoms with Crippen molar-refractivity contribution in [1.82, 2.24) is 4.90 Å². The first-order valence-electron chi connectivity index (χ1n) is 10.8. The number of carbonyl (C=O) groups is 1. The van der Waals surface area contributed by atoms with Gasteiger partial charge in [-0.15, -0.1) is 0 Å². The highest BCUT2D eigenvalue weighted by Gasteiger charge is 2.32. The molecule has 2 atom stereocenters. The minimum absolute atomic E-state index is 0.115. The lowest BCUT2D eigenvalue weighted by Gasteiger charge is -2.34. The SMILES string of the molecule is CC.CC(C)(C)OCc1ccc(OC(=O)N(CI)C(CI)C(CI)SSC(C)(C)CI)cc1. The lowest BCUT2D eigenvalue weighted by Crippen LogP contribution is -2.48. The molecule has 4 nitrogen and oxygen atoms in total. The molecule has 0 aromatic heterocycles. The monoisotopic (exact) mass is 947 g/mol. The molecular weight excluding hydrogens is 910 g/mol. The summed E-state index contributed by atoms with van der Waals surface area (Å²) in [6, 6.07) is 7.69. The molecule has 0 fully saturated rings. The molecule has 0 N–H and O–H groups in total. The van der Waals surface area contributed by atoms with Crippen LogP contribution in [0.2, 0.25) is 0 Å². The van der Waals surface area contributed by atoms with Crippen molar-refractivity contribution in [3.63, 3.8) is 0 Å². The van der Waals surface area contributed by atoms with E-state index in [1.54, 1.807) is 0 Å². The average molecular weight is 947 g/mol. The van der Waals surface area contributed by atoms with Crippen LogP contribution in [0.15, 0.2) is 24.3 Å². The van der Waals surface area contributed by atoms with Gasteiger partial charge in [0.05, 0.1) is 22.8 Å². The number of hydrogen-bond acceptors (Lipinski definition) is 5. The Hall–Kier alpha value is 2.07. The number of ether oxygens (including phenoxy) is 2. The van der Waals surface area contributed by atoms with Gasteiger partial charge in [0.2, 0.25) is 0 Å². The molecule has 33 heavy (non-hydrogen) atoms. The second kappa shape index (κ2) is 18.3. The number of benzene rings is 1. The van der Waals surface area contributed by atoms with Crippen molar-refractivity contribution in [3.05, 3.63) is 29.8 Å². The van der Waals surface area contributed by atoms with E-state index in [1.165, 1.54) is 0 Å². The summed E-state index contributed by atoms with van der Waals surface area (Å²) < 4.78 is 15.3. The molecule has 0 spiro atoms. The van der Waals surface area contributed by atoms with Gasteiger partial charge < -0.3 is 9.47 Å². The van der Waals surface area contributed by atoms with E-state index >= 15 is 0 Å². The zero-order valence-corrected chi connectivity index (χ0v) is 30.8. The first-order chi connectivity index (χ1) is 15.5. The van der Waals surface area contributed by atoms with E-state index in [-0.39, 0.29) is 22.5 Å². The Labute approximate surface area is 263 Å². The van der Waals surface area contributed by atoms with Crippen molar-refractivity contribution in [2.75, 3.05) is 17.8 Å².